The summed E-state index contributed by atoms with van der Waals surface area (Å²) in [5.74, 6) is 5.53. The zero-order valence-corrected chi connectivity index (χ0v) is 12.0. The fourth-order valence-corrected chi connectivity index (χ4v) is 1.94. The number of aliphatic hydroxyl groups is 1. The molecule has 2 nitrogen and oxygen atoms in total. The molecular weight excluding hydrogens is 291 g/mol. The summed E-state index contributed by atoms with van der Waals surface area (Å²) >= 11 is 5.89. The summed E-state index contributed by atoms with van der Waals surface area (Å²) in [6.45, 7) is 0.286. The summed E-state index contributed by atoms with van der Waals surface area (Å²) in [6, 6.07) is 11.6. The van der Waals surface area contributed by atoms with E-state index in [0.717, 1.165) is 5.56 Å². The number of hydrogen-bond donors (Lipinski definition) is 1. The molecule has 2 aromatic carbocycles. The highest BCUT2D eigenvalue weighted by Crippen LogP contribution is 2.18. The second kappa shape index (κ2) is 7.68. The van der Waals surface area contributed by atoms with Crippen LogP contribution in [0.25, 0.3) is 0 Å². The normalized spacial score (nSPS) is 9.86. The molecule has 0 aromatic heterocycles. The monoisotopic (exact) mass is 304 g/mol. The van der Waals surface area contributed by atoms with Gasteiger partial charge in [-0.15, -0.1) is 0 Å². The molecule has 0 heterocycles. The Kier molecular flexibility index (Phi) is 5.62. The highest BCUT2D eigenvalue weighted by molar-refractivity contribution is 6.30. The molecule has 0 saturated carbocycles. The quantitative estimate of drug-likeness (QED) is 0.871. The van der Waals surface area contributed by atoms with E-state index in [2.05, 4.69) is 11.8 Å². The standard InChI is InChI=1S/C17H14ClFO2/c18-15-6-3-5-14(8-15)12-21-17-10-13(4-1-2-7-20)9-16(19)11-17/h3,5-6,8-11,20H,2,7,12H2. The third-order valence-electron chi connectivity index (χ3n) is 2.64. The van der Waals surface area contributed by atoms with Gasteiger partial charge in [0.2, 0.25) is 0 Å². The van der Waals surface area contributed by atoms with Gasteiger partial charge in [-0.05, 0) is 29.8 Å². The lowest BCUT2D eigenvalue weighted by Gasteiger charge is -2.07. The molecule has 0 unspecified atom stereocenters. The maximum absolute atomic E-state index is 13.5. The smallest absolute Gasteiger partial charge is 0.128 e. The van der Waals surface area contributed by atoms with E-state index in [0.29, 0.717) is 29.4 Å². The highest BCUT2D eigenvalue weighted by atomic mass is 35.5. The first-order chi connectivity index (χ1) is 10.2. The lowest BCUT2D eigenvalue weighted by Crippen LogP contribution is -1.96. The van der Waals surface area contributed by atoms with Crippen LogP contribution in [0.4, 0.5) is 4.39 Å². The molecule has 4 heteroatoms. The molecule has 1 N–H and O–H groups in total. The van der Waals surface area contributed by atoms with E-state index in [4.69, 9.17) is 21.4 Å². The lowest BCUT2D eigenvalue weighted by molar-refractivity contribution is 0.304. The van der Waals surface area contributed by atoms with E-state index >= 15 is 0 Å². The molecule has 0 aliphatic rings. The Labute approximate surface area is 128 Å². The zero-order valence-electron chi connectivity index (χ0n) is 11.3. The number of rotatable bonds is 4. The largest absolute Gasteiger partial charge is 0.489 e. The Morgan fingerprint density at radius 1 is 1.19 bits per heavy atom. The molecule has 0 atom stereocenters. The van der Waals surface area contributed by atoms with Crippen LogP contribution in [-0.4, -0.2) is 11.7 Å². The molecule has 0 spiro atoms. The summed E-state index contributed by atoms with van der Waals surface area (Å²) in [4.78, 5) is 0. The van der Waals surface area contributed by atoms with Crippen LogP contribution in [0.15, 0.2) is 42.5 Å². The van der Waals surface area contributed by atoms with Gasteiger partial charge in [-0.3, -0.25) is 0 Å². The number of benzene rings is 2. The summed E-state index contributed by atoms with van der Waals surface area (Å²) in [6.07, 6.45) is 0.356. The van der Waals surface area contributed by atoms with Crippen molar-refractivity contribution in [1.29, 1.82) is 0 Å². The van der Waals surface area contributed by atoms with E-state index in [9.17, 15) is 4.39 Å². The summed E-state index contributed by atoms with van der Waals surface area (Å²) < 4.78 is 19.1. The van der Waals surface area contributed by atoms with Crippen molar-refractivity contribution in [3.8, 4) is 17.6 Å². The van der Waals surface area contributed by atoms with Gasteiger partial charge in [0.15, 0.2) is 0 Å². The van der Waals surface area contributed by atoms with Gasteiger partial charge in [0.25, 0.3) is 0 Å². The van der Waals surface area contributed by atoms with Gasteiger partial charge in [0.05, 0.1) is 6.61 Å². The Morgan fingerprint density at radius 3 is 2.81 bits per heavy atom. The maximum Gasteiger partial charge on any atom is 0.128 e. The van der Waals surface area contributed by atoms with Crippen LogP contribution in [-0.2, 0) is 6.61 Å². The zero-order chi connectivity index (χ0) is 15.1. The van der Waals surface area contributed by atoms with Crippen molar-refractivity contribution in [1.82, 2.24) is 0 Å². The fraction of sp³-hybridized carbons (Fsp3) is 0.176. The minimum Gasteiger partial charge on any atom is -0.489 e. The molecule has 108 valence electrons. The number of ether oxygens (including phenoxy) is 1. The predicted octanol–water partition coefficient (Wildman–Crippen LogP) is 3.79. The molecule has 0 fully saturated rings. The maximum atomic E-state index is 13.5. The van der Waals surface area contributed by atoms with E-state index in [1.165, 1.54) is 12.1 Å². The molecular formula is C17H14ClFO2. The lowest BCUT2D eigenvalue weighted by atomic mass is 10.2. The average molecular weight is 305 g/mol. The van der Waals surface area contributed by atoms with Crippen molar-refractivity contribution in [3.05, 3.63) is 64.4 Å². The number of halogens is 2. The second-order valence-electron chi connectivity index (χ2n) is 4.37. The molecule has 0 amide bonds. The van der Waals surface area contributed by atoms with Crippen LogP contribution < -0.4 is 4.74 Å². The molecule has 2 aromatic rings. The first kappa shape index (κ1) is 15.4. The summed E-state index contributed by atoms with van der Waals surface area (Å²) in [7, 11) is 0. The molecule has 0 aliphatic carbocycles. The van der Waals surface area contributed by atoms with Crippen LogP contribution in [0, 0.1) is 17.7 Å². The topological polar surface area (TPSA) is 29.5 Å². The minimum atomic E-state index is -0.410. The van der Waals surface area contributed by atoms with Crippen molar-refractivity contribution in [2.75, 3.05) is 6.61 Å². The van der Waals surface area contributed by atoms with Crippen LogP contribution >= 0.6 is 11.6 Å². The van der Waals surface area contributed by atoms with Gasteiger partial charge < -0.3 is 9.84 Å². The van der Waals surface area contributed by atoms with Crippen LogP contribution in [0.2, 0.25) is 5.02 Å². The van der Waals surface area contributed by atoms with Crippen molar-refractivity contribution < 1.29 is 14.2 Å². The fourth-order valence-electron chi connectivity index (χ4n) is 1.73. The van der Waals surface area contributed by atoms with Crippen molar-refractivity contribution in [3.63, 3.8) is 0 Å². The van der Waals surface area contributed by atoms with E-state index in [-0.39, 0.29) is 6.61 Å². The van der Waals surface area contributed by atoms with Gasteiger partial charge in [-0.2, -0.15) is 0 Å². The molecule has 0 saturated heterocycles. The molecule has 0 aliphatic heterocycles. The Bertz CT molecular complexity index is 674. The molecule has 21 heavy (non-hydrogen) atoms. The summed E-state index contributed by atoms with van der Waals surface area (Å²) in [5.41, 5.74) is 1.42. The minimum absolute atomic E-state index is 0.0135. The van der Waals surface area contributed by atoms with Gasteiger partial charge >= 0.3 is 0 Å². The van der Waals surface area contributed by atoms with Crippen molar-refractivity contribution in [2.45, 2.75) is 13.0 Å². The van der Waals surface area contributed by atoms with E-state index in [1.807, 2.05) is 12.1 Å². The van der Waals surface area contributed by atoms with Crippen LogP contribution in [0.5, 0.6) is 5.75 Å². The highest BCUT2D eigenvalue weighted by Gasteiger charge is 2.02. The second-order valence-corrected chi connectivity index (χ2v) is 4.81. The Hall–Kier alpha value is -2.02. The van der Waals surface area contributed by atoms with Gasteiger partial charge in [0.1, 0.15) is 18.2 Å². The predicted molar refractivity (Wildman–Crippen MR) is 80.8 cm³/mol. The van der Waals surface area contributed by atoms with Crippen molar-refractivity contribution >= 4 is 11.6 Å². The van der Waals surface area contributed by atoms with Crippen LogP contribution in [0.1, 0.15) is 17.5 Å². The van der Waals surface area contributed by atoms with Gasteiger partial charge in [0, 0.05) is 23.1 Å². The third-order valence-corrected chi connectivity index (χ3v) is 2.87. The summed E-state index contributed by atoms with van der Waals surface area (Å²) in [5, 5.41) is 9.30. The number of aliphatic hydroxyl groups excluding tert-OH is 1. The van der Waals surface area contributed by atoms with Gasteiger partial charge in [-0.25, -0.2) is 4.39 Å². The van der Waals surface area contributed by atoms with Gasteiger partial charge in [-0.1, -0.05) is 35.6 Å². The van der Waals surface area contributed by atoms with E-state index < -0.39 is 5.82 Å². The SMILES string of the molecule is OCCC#Cc1cc(F)cc(OCc2cccc(Cl)c2)c1. The Morgan fingerprint density at radius 2 is 2.05 bits per heavy atom. The first-order valence-corrected chi connectivity index (χ1v) is 6.83. The molecule has 0 bridgehead atoms. The van der Waals surface area contributed by atoms with E-state index in [1.54, 1.807) is 18.2 Å². The molecule has 2 rings (SSSR count). The van der Waals surface area contributed by atoms with Crippen molar-refractivity contribution in [2.24, 2.45) is 0 Å². The molecule has 0 radical (unpaired) electrons. The average Bonchev–Trinajstić information content (AvgIpc) is 2.45. The number of hydrogen-bond acceptors (Lipinski definition) is 2. The van der Waals surface area contributed by atoms with Crippen LogP contribution in [0.3, 0.4) is 0 Å². The third kappa shape index (κ3) is 5.11. The Balaban J connectivity index is 2.08. The first-order valence-electron chi connectivity index (χ1n) is 6.45.